The number of thiazole rings is 1. The van der Waals surface area contributed by atoms with Gasteiger partial charge in [-0.3, -0.25) is 9.69 Å². The Labute approximate surface area is 242 Å². The molecule has 3 atom stereocenters. The van der Waals surface area contributed by atoms with Crippen molar-refractivity contribution in [3.05, 3.63) is 28.3 Å². The molecule has 40 heavy (non-hydrogen) atoms. The molecule has 2 heterocycles. The lowest BCUT2D eigenvalue weighted by atomic mass is 9.58. The van der Waals surface area contributed by atoms with Gasteiger partial charge in [-0.05, 0) is 67.2 Å². The van der Waals surface area contributed by atoms with Crippen molar-refractivity contribution in [3.8, 4) is 0 Å². The molecule has 0 amide bonds. The van der Waals surface area contributed by atoms with E-state index in [1.54, 1.807) is 18.4 Å². The molecule has 0 radical (unpaired) electrons. The lowest BCUT2D eigenvalue weighted by Gasteiger charge is -2.53. The van der Waals surface area contributed by atoms with Crippen molar-refractivity contribution >= 4 is 27.3 Å². The molecule has 1 unspecified atom stereocenters. The number of hydrogen-bond donors (Lipinski definition) is 0. The number of piperidine rings is 1. The van der Waals surface area contributed by atoms with Crippen LogP contribution in [0.5, 0.6) is 0 Å². The number of carbonyl (C=O) groups excluding carboxylic acids is 1. The first-order chi connectivity index (χ1) is 19.5. The molecule has 222 valence electrons. The second-order valence-electron chi connectivity index (χ2n) is 11.7. The van der Waals surface area contributed by atoms with Gasteiger partial charge in [0, 0.05) is 32.2 Å². The van der Waals surface area contributed by atoms with Crippen LogP contribution in [0.2, 0.25) is 0 Å². The predicted molar refractivity (Wildman–Crippen MR) is 157 cm³/mol. The molecule has 0 N–H and O–H groups in total. The zero-order valence-corrected chi connectivity index (χ0v) is 25.3. The Morgan fingerprint density at radius 1 is 0.975 bits per heavy atom. The van der Waals surface area contributed by atoms with Gasteiger partial charge in [0.05, 0.1) is 74.1 Å². The molecular formula is C31H46N2O6S. The molecule has 9 heteroatoms. The van der Waals surface area contributed by atoms with Gasteiger partial charge >= 0.3 is 0 Å². The number of carbonyl (C=O) groups is 1. The molecule has 1 aromatic heterocycles. The summed E-state index contributed by atoms with van der Waals surface area (Å²) in [7, 11) is 1.66. The van der Waals surface area contributed by atoms with Gasteiger partial charge < -0.3 is 23.7 Å². The Morgan fingerprint density at radius 2 is 1.62 bits per heavy atom. The van der Waals surface area contributed by atoms with Crippen molar-refractivity contribution in [2.45, 2.75) is 57.4 Å². The van der Waals surface area contributed by atoms with Crippen molar-refractivity contribution in [1.29, 1.82) is 0 Å². The first-order valence-corrected chi connectivity index (χ1v) is 15.8. The second kappa shape index (κ2) is 14.1. The van der Waals surface area contributed by atoms with Crippen LogP contribution in [0.3, 0.4) is 0 Å². The van der Waals surface area contributed by atoms with E-state index in [2.05, 4.69) is 30.9 Å². The number of Topliss-reactive ketones (excluding diaryl/α,β-unsaturated/α-hetero) is 1. The fourth-order valence-corrected chi connectivity index (χ4v) is 7.24. The molecule has 1 aromatic carbocycles. The quantitative estimate of drug-likeness (QED) is 0.241. The molecule has 0 spiro atoms. The van der Waals surface area contributed by atoms with E-state index in [0.29, 0.717) is 71.2 Å². The number of benzene rings is 1. The van der Waals surface area contributed by atoms with Gasteiger partial charge in [0.2, 0.25) is 0 Å². The number of rotatable bonds is 18. The van der Waals surface area contributed by atoms with Crippen LogP contribution in [0.25, 0.3) is 10.2 Å². The maximum atomic E-state index is 13.8. The van der Waals surface area contributed by atoms with Crippen LogP contribution in [-0.2, 0) is 35.5 Å². The minimum Gasteiger partial charge on any atom is -0.382 e. The third-order valence-corrected chi connectivity index (χ3v) is 10.0. The van der Waals surface area contributed by atoms with E-state index < -0.39 is 0 Å². The lowest BCUT2D eigenvalue weighted by Crippen LogP contribution is -2.61. The third kappa shape index (κ3) is 7.12. The highest BCUT2D eigenvalue weighted by Gasteiger charge is 2.53. The average Bonchev–Trinajstić information content (AvgIpc) is 3.67. The first-order valence-electron chi connectivity index (χ1n) is 15.0. The van der Waals surface area contributed by atoms with E-state index in [4.69, 9.17) is 28.7 Å². The molecular weight excluding hydrogens is 528 g/mol. The van der Waals surface area contributed by atoms with Gasteiger partial charge in [-0.15, -0.1) is 11.3 Å². The number of likely N-dealkylation sites (tertiary alicyclic amines) is 1. The average molecular weight is 575 g/mol. The fourth-order valence-electron chi connectivity index (χ4n) is 6.21. The standard InChI is InChI=1S/C31H46N2O6S/c1-22-29-30(34)24-19-27-26(20-25(24)31(22,2)8-9-33(29)21-23-6-7-23)32-28(40-27)5-4-10-36-13-14-38-17-18-39-16-15-37-12-11-35-3/h19-20,22-23,29H,4-18,21H2,1-3H3/t22-,29?,31+/m0/s1. The van der Waals surface area contributed by atoms with Crippen LogP contribution >= 0.6 is 11.3 Å². The topological polar surface area (TPSA) is 79.4 Å². The highest BCUT2D eigenvalue weighted by Crippen LogP contribution is 2.50. The number of hydrogen-bond acceptors (Lipinski definition) is 9. The smallest absolute Gasteiger partial charge is 0.180 e. The second-order valence-corrected chi connectivity index (χ2v) is 12.8. The summed E-state index contributed by atoms with van der Waals surface area (Å²) in [6, 6.07) is 4.41. The van der Waals surface area contributed by atoms with Crippen molar-refractivity contribution in [2.75, 3.05) is 79.7 Å². The van der Waals surface area contributed by atoms with Crippen molar-refractivity contribution < 1.29 is 28.5 Å². The van der Waals surface area contributed by atoms with E-state index in [1.807, 2.05) is 0 Å². The summed E-state index contributed by atoms with van der Waals surface area (Å²) >= 11 is 1.72. The van der Waals surface area contributed by atoms with Gasteiger partial charge in [-0.25, -0.2) is 4.98 Å². The van der Waals surface area contributed by atoms with Gasteiger partial charge in [0.15, 0.2) is 5.78 Å². The first kappa shape index (κ1) is 30.0. The number of methoxy groups -OCH3 is 1. The Balaban J connectivity index is 1.04. The zero-order chi connectivity index (χ0) is 28.0. The minimum absolute atomic E-state index is 0.0242. The normalized spacial score (nSPS) is 24.6. The summed E-state index contributed by atoms with van der Waals surface area (Å²) in [5.41, 5.74) is 3.24. The monoisotopic (exact) mass is 574 g/mol. The van der Waals surface area contributed by atoms with Crippen LogP contribution in [-0.4, -0.2) is 101 Å². The number of aromatic nitrogens is 1. The van der Waals surface area contributed by atoms with Crippen LogP contribution < -0.4 is 0 Å². The maximum absolute atomic E-state index is 13.8. The van der Waals surface area contributed by atoms with Crippen molar-refractivity contribution in [3.63, 3.8) is 0 Å². The highest BCUT2D eigenvalue weighted by molar-refractivity contribution is 7.18. The Hall–Kier alpha value is -1.46. The molecule has 1 aliphatic heterocycles. The summed E-state index contributed by atoms with van der Waals surface area (Å²) in [6.45, 7) is 12.0. The molecule has 1 saturated heterocycles. The van der Waals surface area contributed by atoms with Crippen LogP contribution in [0.4, 0.5) is 0 Å². The number of aryl methyl sites for hydroxylation is 1. The molecule has 8 nitrogen and oxygen atoms in total. The molecule has 2 aliphatic carbocycles. The lowest BCUT2D eigenvalue weighted by molar-refractivity contribution is -0.00788. The predicted octanol–water partition coefficient (Wildman–Crippen LogP) is 4.52. The third-order valence-electron chi connectivity index (χ3n) is 8.93. The van der Waals surface area contributed by atoms with Crippen LogP contribution in [0, 0.1) is 11.8 Å². The largest absolute Gasteiger partial charge is 0.382 e. The maximum Gasteiger partial charge on any atom is 0.180 e. The molecule has 5 rings (SSSR count). The van der Waals surface area contributed by atoms with E-state index >= 15 is 0 Å². The number of fused-ring (bicyclic) bond motifs is 5. The van der Waals surface area contributed by atoms with E-state index in [0.717, 1.165) is 59.1 Å². The number of ether oxygens (including phenoxy) is 5. The summed E-state index contributed by atoms with van der Waals surface area (Å²) in [5.74, 6) is 1.46. The molecule has 2 fully saturated rings. The Kier molecular flexibility index (Phi) is 10.6. The minimum atomic E-state index is 0.0242. The number of ketones is 1. The van der Waals surface area contributed by atoms with Crippen LogP contribution in [0.15, 0.2) is 12.1 Å². The molecule has 3 aliphatic rings. The van der Waals surface area contributed by atoms with E-state index in [1.165, 1.54) is 18.4 Å². The van der Waals surface area contributed by atoms with E-state index in [9.17, 15) is 4.79 Å². The summed E-state index contributed by atoms with van der Waals surface area (Å²) in [4.78, 5) is 21.2. The summed E-state index contributed by atoms with van der Waals surface area (Å²) < 4.78 is 28.2. The van der Waals surface area contributed by atoms with Crippen LogP contribution in [0.1, 0.15) is 60.5 Å². The van der Waals surface area contributed by atoms with Gasteiger partial charge in [0.1, 0.15) is 0 Å². The fraction of sp³-hybridized carbons (Fsp3) is 0.742. The highest BCUT2D eigenvalue weighted by atomic mass is 32.1. The zero-order valence-electron chi connectivity index (χ0n) is 24.5. The van der Waals surface area contributed by atoms with Crippen molar-refractivity contribution in [2.24, 2.45) is 11.8 Å². The van der Waals surface area contributed by atoms with E-state index in [-0.39, 0.29) is 11.5 Å². The SMILES string of the molecule is COCCOCCOCCOCCOCCCc1nc2cc3c(cc2s1)C(=O)C1[C@H](C)[C@@]3(C)CCN1CC1CC1. The van der Waals surface area contributed by atoms with Gasteiger partial charge in [-0.1, -0.05) is 13.8 Å². The Bertz CT molecular complexity index is 1120. The number of nitrogens with zero attached hydrogens (tertiary/aromatic N) is 2. The van der Waals surface area contributed by atoms with Crippen molar-refractivity contribution in [1.82, 2.24) is 9.88 Å². The van der Waals surface area contributed by atoms with Gasteiger partial charge in [-0.2, -0.15) is 0 Å². The van der Waals surface area contributed by atoms with Gasteiger partial charge in [0.25, 0.3) is 0 Å². The molecule has 2 bridgehead atoms. The Morgan fingerprint density at radius 3 is 2.27 bits per heavy atom. The molecule has 2 aromatic rings. The summed E-state index contributed by atoms with van der Waals surface area (Å²) in [5, 5.41) is 1.12. The summed E-state index contributed by atoms with van der Waals surface area (Å²) in [6.07, 6.45) is 5.55. The molecule has 1 saturated carbocycles.